The van der Waals surface area contributed by atoms with Crippen LogP contribution in [-0.4, -0.2) is 74.8 Å². The van der Waals surface area contributed by atoms with Crippen molar-refractivity contribution in [2.45, 2.75) is 117 Å². The number of aryl methyl sites for hydroxylation is 1. The van der Waals surface area contributed by atoms with Gasteiger partial charge in [-0.2, -0.15) is 0 Å². The Labute approximate surface area is 256 Å². The Kier molecular flexibility index (Phi) is 9.10. The summed E-state index contributed by atoms with van der Waals surface area (Å²) < 4.78 is 9.47. The molecule has 2 saturated heterocycles. The van der Waals surface area contributed by atoms with Crippen LogP contribution in [0.2, 0.25) is 0 Å². The van der Waals surface area contributed by atoms with Crippen molar-refractivity contribution in [2.24, 2.45) is 5.92 Å². The molecule has 0 aliphatic carbocycles. The average molecular weight is 597 g/mol. The fourth-order valence-electron chi connectivity index (χ4n) is 6.26. The summed E-state index contributed by atoms with van der Waals surface area (Å²) in [6.07, 6.45) is 7.38. The Morgan fingerprint density at radius 3 is 2.36 bits per heavy atom. The highest BCUT2D eigenvalue weighted by Gasteiger charge is 2.30. The number of unbranched alkanes of at least 4 members (excludes halogenated alkanes) is 1. The lowest BCUT2D eigenvalue weighted by atomic mass is 9.95. The maximum atomic E-state index is 12.7. The lowest BCUT2D eigenvalue weighted by Gasteiger charge is -2.33. The van der Waals surface area contributed by atoms with E-state index < -0.39 is 5.60 Å². The smallest absolute Gasteiger partial charge is 0.410 e. The molecule has 0 spiro atoms. The molecule has 5 heterocycles. The molecule has 2 aliphatic heterocycles. The van der Waals surface area contributed by atoms with E-state index in [-0.39, 0.29) is 11.6 Å². The molecule has 9 heteroatoms. The van der Waals surface area contributed by atoms with Crippen molar-refractivity contribution >= 4 is 44.5 Å². The Morgan fingerprint density at radius 1 is 1.05 bits per heavy atom. The summed E-state index contributed by atoms with van der Waals surface area (Å²) in [5.74, 6) is 3.15. The topological polar surface area (TPSA) is 75.5 Å². The normalized spacial score (nSPS) is 18.3. The molecule has 232 valence electrons. The second kappa shape index (κ2) is 12.3. The molecular weight excluding hydrogens is 544 g/mol. The quantitative estimate of drug-likeness (QED) is 0.302. The van der Waals surface area contributed by atoms with Crippen LogP contribution in [0.3, 0.4) is 0 Å². The number of nitrogens with one attached hydrogen (secondary N) is 1. The molecule has 5 rings (SSSR count). The summed E-state index contributed by atoms with van der Waals surface area (Å²) in [7, 11) is 2.23. The molecule has 1 N–H and O–H groups in total. The number of nitrogens with zero attached hydrogens (tertiary/aromatic N) is 5. The SMILES string of the molecule is CCCCc1nc2c(NC(C)(C)C)nc3cc(C4CCN(C)CC4)sc3c2n1CC1CCN(C(=O)OC(C)(C)C)CC1. The van der Waals surface area contributed by atoms with Crippen molar-refractivity contribution in [3.63, 3.8) is 0 Å². The van der Waals surface area contributed by atoms with Crippen molar-refractivity contribution in [2.75, 3.05) is 38.5 Å². The summed E-state index contributed by atoms with van der Waals surface area (Å²) >= 11 is 1.95. The highest BCUT2D eigenvalue weighted by Crippen LogP contribution is 2.41. The summed E-state index contributed by atoms with van der Waals surface area (Å²) in [6, 6.07) is 2.37. The van der Waals surface area contributed by atoms with Crippen LogP contribution in [-0.2, 0) is 17.7 Å². The number of carbonyl (C=O) groups is 1. The average Bonchev–Trinajstić information content (AvgIpc) is 3.48. The van der Waals surface area contributed by atoms with Crippen LogP contribution in [0.25, 0.3) is 21.3 Å². The van der Waals surface area contributed by atoms with Gasteiger partial charge in [0.25, 0.3) is 0 Å². The number of pyridine rings is 1. The lowest BCUT2D eigenvalue weighted by molar-refractivity contribution is 0.0178. The number of imidazole rings is 1. The predicted octanol–water partition coefficient (Wildman–Crippen LogP) is 7.66. The molecule has 3 aromatic rings. The zero-order chi connectivity index (χ0) is 30.2. The highest BCUT2D eigenvalue weighted by molar-refractivity contribution is 7.20. The number of ether oxygens (including phenoxy) is 1. The van der Waals surface area contributed by atoms with E-state index in [9.17, 15) is 4.79 Å². The molecular formula is C33H52N6O2S. The first kappa shape index (κ1) is 31.0. The van der Waals surface area contributed by atoms with E-state index in [1.54, 1.807) is 0 Å². The van der Waals surface area contributed by atoms with Crippen molar-refractivity contribution in [1.29, 1.82) is 0 Å². The summed E-state index contributed by atoms with van der Waals surface area (Å²) in [6.45, 7) is 19.3. The first-order valence-electron chi connectivity index (χ1n) is 16.1. The number of piperidine rings is 2. The zero-order valence-electron chi connectivity index (χ0n) is 27.2. The Hall–Kier alpha value is -2.39. The largest absolute Gasteiger partial charge is 0.444 e. The predicted molar refractivity (Wildman–Crippen MR) is 175 cm³/mol. The van der Waals surface area contributed by atoms with Crippen molar-refractivity contribution in [3.05, 3.63) is 16.8 Å². The number of hydrogen-bond acceptors (Lipinski definition) is 7. The van der Waals surface area contributed by atoms with Crippen LogP contribution >= 0.6 is 11.3 Å². The highest BCUT2D eigenvalue weighted by atomic mass is 32.1. The van der Waals surface area contributed by atoms with Crippen LogP contribution in [0, 0.1) is 5.92 Å². The van der Waals surface area contributed by atoms with E-state index in [0.717, 1.165) is 81.7 Å². The maximum Gasteiger partial charge on any atom is 0.410 e. The number of carbonyl (C=O) groups excluding carboxylic acids is 1. The van der Waals surface area contributed by atoms with Crippen molar-refractivity contribution < 1.29 is 9.53 Å². The Bertz CT molecular complexity index is 1380. The Balaban J connectivity index is 1.52. The number of amides is 1. The van der Waals surface area contributed by atoms with Gasteiger partial charge in [0.2, 0.25) is 0 Å². The van der Waals surface area contributed by atoms with Crippen molar-refractivity contribution in [1.82, 2.24) is 24.3 Å². The summed E-state index contributed by atoms with van der Waals surface area (Å²) in [5, 5.41) is 3.70. The van der Waals surface area contributed by atoms with Gasteiger partial charge in [-0.1, -0.05) is 13.3 Å². The second-order valence-electron chi connectivity index (χ2n) is 14.6. The van der Waals surface area contributed by atoms with Gasteiger partial charge in [0, 0.05) is 36.5 Å². The van der Waals surface area contributed by atoms with Gasteiger partial charge >= 0.3 is 6.09 Å². The lowest BCUT2D eigenvalue weighted by Crippen LogP contribution is -2.42. The molecule has 0 aromatic carbocycles. The second-order valence-corrected chi connectivity index (χ2v) is 15.7. The van der Waals surface area contributed by atoms with E-state index in [1.165, 1.54) is 33.8 Å². The summed E-state index contributed by atoms with van der Waals surface area (Å²) in [5.41, 5.74) is 2.75. The van der Waals surface area contributed by atoms with Gasteiger partial charge in [0.05, 0.1) is 15.7 Å². The van der Waals surface area contributed by atoms with Gasteiger partial charge < -0.3 is 24.4 Å². The van der Waals surface area contributed by atoms with Crippen LogP contribution in [0.4, 0.5) is 10.6 Å². The third kappa shape index (κ3) is 7.21. The van der Waals surface area contributed by atoms with E-state index in [1.807, 2.05) is 37.0 Å². The number of aromatic nitrogens is 3. The monoisotopic (exact) mass is 596 g/mol. The number of fused-ring (bicyclic) bond motifs is 3. The van der Waals surface area contributed by atoms with Crippen LogP contribution < -0.4 is 5.32 Å². The molecule has 0 saturated carbocycles. The Morgan fingerprint density at radius 2 is 1.74 bits per heavy atom. The van der Waals surface area contributed by atoms with Crippen LogP contribution in [0.5, 0.6) is 0 Å². The number of anilines is 1. The maximum absolute atomic E-state index is 12.7. The summed E-state index contributed by atoms with van der Waals surface area (Å²) in [4.78, 5) is 29.0. The van der Waals surface area contributed by atoms with Gasteiger partial charge in [-0.15, -0.1) is 11.3 Å². The van der Waals surface area contributed by atoms with E-state index in [4.69, 9.17) is 14.7 Å². The number of likely N-dealkylation sites (tertiary alicyclic amines) is 2. The standard InChI is InChI=1S/C33H52N6O2S/c1-9-10-11-26-35-27-28(39(26)21-22-12-18-38(19-13-22)31(40)41-33(5,6)7)29-24(34-30(27)36-32(2,3)4)20-25(42-29)23-14-16-37(8)17-15-23/h20,22-23H,9-19,21H2,1-8H3,(H,34,36). The minimum absolute atomic E-state index is 0.123. The minimum Gasteiger partial charge on any atom is -0.444 e. The van der Waals surface area contributed by atoms with Crippen LogP contribution in [0.15, 0.2) is 6.07 Å². The van der Waals surface area contributed by atoms with Gasteiger partial charge in [0.15, 0.2) is 5.82 Å². The molecule has 2 fully saturated rings. The van der Waals surface area contributed by atoms with E-state index >= 15 is 0 Å². The molecule has 0 unspecified atom stereocenters. The van der Waals surface area contributed by atoms with Crippen LogP contribution in [0.1, 0.15) is 104 Å². The number of rotatable bonds is 7. The molecule has 42 heavy (non-hydrogen) atoms. The fourth-order valence-corrected chi connectivity index (χ4v) is 7.58. The molecule has 8 nitrogen and oxygen atoms in total. The molecule has 1 amide bonds. The van der Waals surface area contributed by atoms with Gasteiger partial charge in [0.1, 0.15) is 16.9 Å². The third-order valence-electron chi connectivity index (χ3n) is 8.53. The fraction of sp³-hybridized carbons (Fsp3) is 0.727. The van der Waals surface area contributed by atoms with E-state index in [2.05, 4.69) is 55.6 Å². The van der Waals surface area contributed by atoms with Gasteiger partial charge in [-0.05, 0) is 112 Å². The number of hydrogen-bond donors (Lipinski definition) is 1. The molecule has 0 bridgehead atoms. The first-order chi connectivity index (χ1) is 19.8. The molecule has 0 radical (unpaired) electrons. The van der Waals surface area contributed by atoms with Gasteiger partial charge in [-0.3, -0.25) is 0 Å². The zero-order valence-corrected chi connectivity index (χ0v) is 28.0. The minimum atomic E-state index is -0.469. The van der Waals surface area contributed by atoms with E-state index in [0.29, 0.717) is 11.8 Å². The van der Waals surface area contributed by atoms with Gasteiger partial charge in [-0.25, -0.2) is 14.8 Å². The first-order valence-corrected chi connectivity index (χ1v) is 16.9. The molecule has 2 aliphatic rings. The number of thiophene rings is 1. The third-order valence-corrected chi connectivity index (χ3v) is 9.82. The molecule has 3 aromatic heterocycles. The van der Waals surface area contributed by atoms with Crippen molar-refractivity contribution in [3.8, 4) is 0 Å². The molecule has 0 atom stereocenters.